The Morgan fingerprint density at radius 1 is 1.10 bits per heavy atom. The lowest BCUT2D eigenvalue weighted by molar-refractivity contribution is 0.559. The first-order valence-corrected chi connectivity index (χ1v) is 7.09. The second kappa shape index (κ2) is 9.79. The maximum absolute atomic E-state index is 12.1. The van der Waals surface area contributed by atoms with E-state index < -0.39 is 0 Å². The third kappa shape index (κ3) is 3.95. The van der Waals surface area contributed by atoms with Crippen molar-refractivity contribution in [3.63, 3.8) is 0 Å². The van der Waals surface area contributed by atoms with E-state index in [0.717, 1.165) is 0 Å². The molecular formula is C18H24O2. The summed E-state index contributed by atoms with van der Waals surface area (Å²) in [5, 5.41) is 1.19. The van der Waals surface area contributed by atoms with E-state index in [1.165, 1.54) is 0 Å². The summed E-state index contributed by atoms with van der Waals surface area (Å²) in [4.78, 5) is 12.1. The van der Waals surface area contributed by atoms with Gasteiger partial charge in [0.25, 0.3) is 0 Å². The van der Waals surface area contributed by atoms with Gasteiger partial charge in [-0.1, -0.05) is 58.6 Å². The molecule has 0 atom stereocenters. The summed E-state index contributed by atoms with van der Waals surface area (Å²) < 4.78 is 5.65. The van der Waals surface area contributed by atoms with Gasteiger partial charge in [0.15, 0.2) is 5.43 Å². The Labute approximate surface area is 120 Å². The molecule has 0 N–H and O–H groups in total. The van der Waals surface area contributed by atoms with Crippen LogP contribution in [0.4, 0.5) is 0 Å². The molecule has 0 aliphatic carbocycles. The number of hydrogen-bond acceptors (Lipinski definition) is 2. The van der Waals surface area contributed by atoms with Crippen LogP contribution in [-0.2, 0) is 0 Å². The fraction of sp³-hybridized carbons (Fsp3) is 0.278. The zero-order valence-corrected chi connectivity index (χ0v) is 13.1. The summed E-state index contributed by atoms with van der Waals surface area (Å²) in [6, 6.07) is 7.23. The fourth-order valence-electron chi connectivity index (χ4n) is 1.68. The normalized spacial score (nSPS) is 11.2. The molecule has 2 nitrogen and oxygen atoms in total. The molecule has 2 rings (SSSR count). The lowest BCUT2D eigenvalue weighted by Crippen LogP contribution is -2.38. The van der Waals surface area contributed by atoms with Crippen LogP contribution < -0.4 is 16.1 Å². The lowest BCUT2D eigenvalue weighted by Gasteiger charge is -1.96. The van der Waals surface area contributed by atoms with Gasteiger partial charge >= 0.3 is 0 Å². The topological polar surface area (TPSA) is 30.2 Å². The average Bonchev–Trinajstić information content (AvgIpc) is 2.52. The van der Waals surface area contributed by atoms with Crippen molar-refractivity contribution in [1.29, 1.82) is 0 Å². The molecule has 1 heterocycles. The molecule has 20 heavy (non-hydrogen) atoms. The van der Waals surface area contributed by atoms with Crippen molar-refractivity contribution in [1.82, 2.24) is 0 Å². The van der Waals surface area contributed by atoms with Crippen LogP contribution in [0.2, 0.25) is 0 Å². The number of para-hydroxylation sites is 1. The second-order valence-corrected chi connectivity index (χ2v) is 3.40. The minimum Gasteiger partial charge on any atom is -0.456 e. The first-order chi connectivity index (χ1) is 9.77. The van der Waals surface area contributed by atoms with Gasteiger partial charge in [-0.25, -0.2) is 0 Å². The largest absolute Gasteiger partial charge is 0.456 e. The molecule has 0 aliphatic heterocycles. The molecule has 108 valence electrons. The van der Waals surface area contributed by atoms with Crippen molar-refractivity contribution in [3.8, 4) is 0 Å². The van der Waals surface area contributed by atoms with E-state index in [9.17, 15) is 4.79 Å². The van der Waals surface area contributed by atoms with E-state index in [-0.39, 0.29) is 5.43 Å². The van der Waals surface area contributed by atoms with E-state index in [2.05, 4.69) is 6.58 Å². The third-order valence-corrected chi connectivity index (χ3v) is 2.42. The van der Waals surface area contributed by atoms with Gasteiger partial charge in [-0.05, 0) is 25.1 Å². The summed E-state index contributed by atoms with van der Waals surface area (Å²) in [5.74, 6) is 0. The third-order valence-electron chi connectivity index (χ3n) is 2.42. The molecule has 2 aromatic rings. The highest BCUT2D eigenvalue weighted by Crippen LogP contribution is 2.04. The Kier molecular flexibility index (Phi) is 8.77. The van der Waals surface area contributed by atoms with E-state index >= 15 is 0 Å². The van der Waals surface area contributed by atoms with Gasteiger partial charge in [0.05, 0.1) is 10.6 Å². The summed E-state index contributed by atoms with van der Waals surface area (Å²) in [6.45, 7) is 13.4. The van der Waals surface area contributed by atoms with Crippen molar-refractivity contribution in [2.45, 2.75) is 34.6 Å². The molecule has 0 aliphatic rings. The maximum atomic E-state index is 12.1. The molecule has 1 aromatic heterocycles. The van der Waals surface area contributed by atoms with Crippen LogP contribution in [-0.4, -0.2) is 0 Å². The number of fused-ring (bicyclic) bond motifs is 1. The molecule has 0 saturated heterocycles. The van der Waals surface area contributed by atoms with Gasteiger partial charge < -0.3 is 4.42 Å². The van der Waals surface area contributed by atoms with E-state index in [1.54, 1.807) is 30.4 Å². The van der Waals surface area contributed by atoms with Gasteiger partial charge in [0.1, 0.15) is 11.0 Å². The van der Waals surface area contributed by atoms with Gasteiger partial charge in [0, 0.05) is 0 Å². The predicted octanol–water partition coefficient (Wildman–Crippen LogP) is 3.61. The molecule has 2 heteroatoms. The van der Waals surface area contributed by atoms with Gasteiger partial charge in [0.2, 0.25) is 0 Å². The molecule has 0 bridgehead atoms. The highest BCUT2D eigenvalue weighted by atomic mass is 16.3. The first-order valence-electron chi connectivity index (χ1n) is 7.09. The summed E-state index contributed by atoms with van der Waals surface area (Å²) in [6.07, 6.45) is 5.07. The van der Waals surface area contributed by atoms with Gasteiger partial charge in [-0.3, -0.25) is 4.79 Å². The number of benzene rings is 1. The SMILES string of the molecule is C=C/C=c1/oc2ccccc2c(=O)/c1=C/C.CC.CC. The van der Waals surface area contributed by atoms with Crippen LogP contribution in [0.25, 0.3) is 23.1 Å². The minimum absolute atomic E-state index is 0.00236. The number of hydrogen-bond donors (Lipinski definition) is 0. The molecule has 0 saturated carbocycles. The van der Waals surface area contributed by atoms with Crippen molar-refractivity contribution < 1.29 is 4.42 Å². The van der Waals surface area contributed by atoms with Crippen LogP contribution in [0, 0.1) is 0 Å². The van der Waals surface area contributed by atoms with Crippen LogP contribution in [0.1, 0.15) is 34.6 Å². The molecule has 0 unspecified atom stereocenters. The Morgan fingerprint density at radius 3 is 2.25 bits per heavy atom. The second-order valence-electron chi connectivity index (χ2n) is 3.40. The summed E-state index contributed by atoms with van der Waals surface area (Å²) in [5.41, 5.74) is 1.16. The number of allylic oxidation sites excluding steroid dienone is 1. The monoisotopic (exact) mass is 272 g/mol. The Morgan fingerprint density at radius 2 is 1.70 bits per heavy atom. The molecular weight excluding hydrogens is 248 g/mol. The first kappa shape index (κ1) is 17.9. The highest BCUT2D eigenvalue weighted by molar-refractivity contribution is 5.76. The summed E-state index contributed by atoms with van der Waals surface area (Å²) in [7, 11) is 0. The van der Waals surface area contributed by atoms with Crippen LogP contribution >= 0.6 is 0 Å². The van der Waals surface area contributed by atoms with Crippen LogP contribution in [0.15, 0.2) is 46.1 Å². The van der Waals surface area contributed by atoms with Crippen molar-refractivity contribution in [2.24, 2.45) is 0 Å². The lowest BCUT2D eigenvalue weighted by atomic mass is 10.2. The Bertz CT molecular complexity index is 706. The standard InChI is InChI=1S/C14H12O2.2C2H6/c1-3-7-12-10(4-2)14(15)11-8-5-6-9-13(11)16-12;2*1-2/h3-9H,1H2,2H3;2*1-2H3/b10-4+,12-7+;;. The molecule has 0 fully saturated rings. The fourth-order valence-corrected chi connectivity index (χ4v) is 1.68. The van der Waals surface area contributed by atoms with E-state index in [4.69, 9.17) is 4.42 Å². The van der Waals surface area contributed by atoms with E-state index in [1.807, 2.05) is 46.8 Å². The highest BCUT2D eigenvalue weighted by Gasteiger charge is 2.01. The van der Waals surface area contributed by atoms with Crippen molar-refractivity contribution in [2.75, 3.05) is 0 Å². The number of rotatable bonds is 1. The smallest absolute Gasteiger partial charge is 0.200 e. The van der Waals surface area contributed by atoms with Gasteiger partial charge in [-0.15, -0.1) is 0 Å². The maximum Gasteiger partial charge on any atom is 0.200 e. The van der Waals surface area contributed by atoms with E-state index in [0.29, 0.717) is 21.6 Å². The Balaban J connectivity index is 0.000000829. The van der Waals surface area contributed by atoms with Gasteiger partial charge in [-0.2, -0.15) is 0 Å². The zero-order valence-electron chi connectivity index (χ0n) is 13.1. The summed E-state index contributed by atoms with van der Waals surface area (Å²) >= 11 is 0. The average molecular weight is 272 g/mol. The minimum atomic E-state index is -0.00236. The van der Waals surface area contributed by atoms with Crippen LogP contribution in [0.3, 0.4) is 0 Å². The zero-order chi connectivity index (χ0) is 15.5. The molecule has 0 spiro atoms. The molecule has 0 amide bonds. The van der Waals surface area contributed by atoms with Crippen molar-refractivity contribution >= 4 is 23.1 Å². The van der Waals surface area contributed by atoms with Crippen LogP contribution in [0.5, 0.6) is 0 Å². The predicted molar refractivity (Wildman–Crippen MR) is 89.2 cm³/mol. The quantitative estimate of drug-likeness (QED) is 0.794. The Hall–Kier alpha value is -2.09. The van der Waals surface area contributed by atoms with Crippen molar-refractivity contribution in [3.05, 3.63) is 57.8 Å². The molecule has 1 aromatic carbocycles. The molecule has 0 radical (unpaired) electrons.